The summed E-state index contributed by atoms with van der Waals surface area (Å²) in [6.07, 6.45) is 1.03. The zero-order valence-electron chi connectivity index (χ0n) is 12.6. The summed E-state index contributed by atoms with van der Waals surface area (Å²) in [4.78, 5) is 11.7. The van der Waals surface area contributed by atoms with E-state index in [0.717, 1.165) is 5.56 Å². The summed E-state index contributed by atoms with van der Waals surface area (Å²) in [5, 5.41) is 11.3. The molecular formula is C15H23NO5. The van der Waals surface area contributed by atoms with E-state index in [1.54, 1.807) is 14.2 Å². The Morgan fingerprint density at radius 2 is 1.95 bits per heavy atom. The molecule has 0 spiro atoms. The molecule has 0 bridgehead atoms. The third-order valence-corrected chi connectivity index (χ3v) is 2.89. The number of rotatable bonds is 10. The van der Waals surface area contributed by atoms with Crippen molar-refractivity contribution in [3.63, 3.8) is 0 Å². The van der Waals surface area contributed by atoms with E-state index in [1.165, 1.54) is 0 Å². The number of aliphatic hydroxyl groups excluding tert-OH is 1. The first kappa shape index (κ1) is 17.3. The van der Waals surface area contributed by atoms with E-state index in [-0.39, 0.29) is 12.5 Å². The van der Waals surface area contributed by atoms with Crippen molar-refractivity contribution in [3.05, 3.63) is 23.8 Å². The fourth-order valence-corrected chi connectivity index (χ4v) is 1.81. The van der Waals surface area contributed by atoms with Crippen LogP contribution in [-0.4, -0.2) is 51.6 Å². The van der Waals surface area contributed by atoms with Crippen molar-refractivity contribution in [1.29, 1.82) is 0 Å². The SMILES string of the molecule is COc1ccc(CCC(=O)NCCOCCO)cc1OC. The second-order valence-electron chi connectivity index (χ2n) is 4.38. The van der Waals surface area contributed by atoms with E-state index >= 15 is 0 Å². The van der Waals surface area contributed by atoms with E-state index in [9.17, 15) is 4.79 Å². The second-order valence-corrected chi connectivity index (χ2v) is 4.38. The zero-order valence-corrected chi connectivity index (χ0v) is 12.6. The van der Waals surface area contributed by atoms with Crippen LogP contribution in [0.3, 0.4) is 0 Å². The van der Waals surface area contributed by atoms with Crippen molar-refractivity contribution in [1.82, 2.24) is 5.32 Å². The van der Waals surface area contributed by atoms with Gasteiger partial charge >= 0.3 is 0 Å². The standard InChI is InChI=1S/C15H23NO5/c1-19-13-5-3-12(11-14(13)20-2)4-6-15(18)16-7-9-21-10-8-17/h3,5,11,17H,4,6-10H2,1-2H3,(H,16,18). The molecule has 0 unspecified atom stereocenters. The molecule has 0 heterocycles. The number of carbonyl (C=O) groups is 1. The van der Waals surface area contributed by atoms with Crippen molar-refractivity contribution in [2.45, 2.75) is 12.8 Å². The Balaban J connectivity index is 2.32. The van der Waals surface area contributed by atoms with Gasteiger partial charge in [-0.15, -0.1) is 0 Å². The number of carbonyl (C=O) groups excluding carboxylic acids is 1. The molecule has 0 radical (unpaired) electrons. The Kier molecular flexibility index (Phi) is 8.23. The van der Waals surface area contributed by atoms with Gasteiger partial charge in [-0.25, -0.2) is 0 Å². The number of methoxy groups -OCH3 is 2. The molecule has 0 aliphatic rings. The highest BCUT2D eigenvalue weighted by Gasteiger charge is 2.06. The molecule has 0 fully saturated rings. The van der Waals surface area contributed by atoms with Crippen LogP contribution in [0.15, 0.2) is 18.2 Å². The average Bonchev–Trinajstić information content (AvgIpc) is 2.52. The van der Waals surface area contributed by atoms with Gasteiger partial charge in [0.15, 0.2) is 11.5 Å². The highest BCUT2D eigenvalue weighted by atomic mass is 16.5. The van der Waals surface area contributed by atoms with Gasteiger partial charge in [0, 0.05) is 13.0 Å². The maximum atomic E-state index is 11.7. The molecule has 1 aromatic carbocycles. The van der Waals surface area contributed by atoms with Gasteiger partial charge in [-0.05, 0) is 24.1 Å². The fourth-order valence-electron chi connectivity index (χ4n) is 1.81. The first-order chi connectivity index (χ1) is 10.2. The van der Waals surface area contributed by atoms with Gasteiger partial charge in [0.1, 0.15) is 0 Å². The fraction of sp³-hybridized carbons (Fsp3) is 0.533. The highest BCUT2D eigenvalue weighted by molar-refractivity contribution is 5.76. The van der Waals surface area contributed by atoms with Crippen molar-refractivity contribution in [2.24, 2.45) is 0 Å². The summed E-state index contributed by atoms with van der Waals surface area (Å²) in [7, 11) is 3.17. The number of benzene rings is 1. The Hall–Kier alpha value is -1.79. The Morgan fingerprint density at radius 3 is 2.62 bits per heavy atom. The number of ether oxygens (including phenoxy) is 3. The normalized spacial score (nSPS) is 10.2. The van der Waals surface area contributed by atoms with Crippen LogP contribution in [0.4, 0.5) is 0 Å². The van der Waals surface area contributed by atoms with Crippen LogP contribution in [-0.2, 0) is 16.0 Å². The van der Waals surface area contributed by atoms with Crippen LogP contribution >= 0.6 is 0 Å². The summed E-state index contributed by atoms with van der Waals surface area (Å²) in [5.41, 5.74) is 1.01. The number of amides is 1. The lowest BCUT2D eigenvalue weighted by molar-refractivity contribution is -0.121. The number of aryl methyl sites for hydroxylation is 1. The lowest BCUT2D eigenvalue weighted by Gasteiger charge is -2.10. The molecule has 0 atom stereocenters. The Bertz CT molecular complexity index is 436. The largest absolute Gasteiger partial charge is 0.493 e. The first-order valence-electron chi connectivity index (χ1n) is 6.87. The molecule has 2 N–H and O–H groups in total. The molecule has 0 aromatic heterocycles. The molecular weight excluding hydrogens is 274 g/mol. The van der Waals surface area contributed by atoms with Crippen LogP contribution in [0, 0.1) is 0 Å². The highest BCUT2D eigenvalue weighted by Crippen LogP contribution is 2.27. The van der Waals surface area contributed by atoms with Crippen LogP contribution < -0.4 is 14.8 Å². The van der Waals surface area contributed by atoms with Crippen molar-refractivity contribution in [3.8, 4) is 11.5 Å². The van der Waals surface area contributed by atoms with Gasteiger partial charge in [0.2, 0.25) is 5.91 Å². The molecule has 0 aliphatic heterocycles. The number of hydrogen-bond acceptors (Lipinski definition) is 5. The van der Waals surface area contributed by atoms with Crippen molar-refractivity contribution in [2.75, 3.05) is 40.6 Å². The molecule has 1 amide bonds. The van der Waals surface area contributed by atoms with Crippen LogP contribution in [0.1, 0.15) is 12.0 Å². The topological polar surface area (TPSA) is 77.0 Å². The zero-order chi connectivity index (χ0) is 15.5. The molecule has 0 saturated carbocycles. The third kappa shape index (κ3) is 6.46. The van der Waals surface area contributed by atoms with Crippen LogP contribution in [0.5, 0.6) is 11.5 Å². The number of aliphatic hydroxyl groups is 1. The van der Waals surface area contributed by atoms with Gasteiger partial charge in [-0.3, -0.25) is 4.79 Å². The minimum absolute atomic E-state index is 0.00670. The Morgan fingerprint density at radius 1 is 1.19 bits per heavy atom. The molecule has 6 nitrogen and oxygen atoms in total. The summed E-state index contributed by atoms with van der Waals surface area (Å²) < 4.78 is 15.4. The minimum Gasteiger partial charge on any atom is -0.493 e. The molecule has 0 aliphatic carbocycles. The molecule has 6 heteroatoms. The summed E-state index contributed by atoms with van der Waals surface area (Å²) in [6.45, 7) is 1.14. The van der Waals surface area contributed by atoms with E-state index in [4.69, 9.17) is 19.3 Å². The lowest BCUT2D eigenvalue weighted by Crippen LogP contribution is -2.27. The lowest BCUT2D eigenvalue weighted by atomic mass is 10.1. The molecule has 1 rings (SSSR count). The molecule has 21 heavy (non-hydrogen) atoms. The maximum Gasteiger partial charge on any atom is 0.220 e. The summed E-state index contributed by atoms with van der Waals surface area (Å²) >= 11 is 0. The average molecular weight is 297 g/mol. The summed E-state index contributed by atoms with van der Waals surface area (Å²) in [5.74, 6) is 1.30. The van der Waals surface area contributed by atoms with Gasteiger partial charge in [-0.1, -0.05) is 6.07 Å². The van der Waals surface area contributed by atoms with Gasteiger partial charge < -0.3 is 24.6 Å². The quantitative estimate of drug-likeness (QED) is 0.624. The van der Waals surface area contributed by atoms with Gasteiger partial charge in [0.25, 0.3) is 0 Å². The first-order valence-corrected chi connectivity index (χ1v) is 6.87. The number of nitrogens with one attached hydrogen (secondary N) is 1. The van der Waals surface area contributed by atoms with E-state index < -0.39 is 0 Å². The number of hydrogen-bond donors (Lipinski definition) is 2. The summed E-state index contributed by atoms with van der Waals surface area (Å²) in [6, 6.07) is 5.62. The molecule has 1 aromatic rings. The van der Waals surface area contributed by atoms with Crippen LogP contribution in [0.2, 0.25) is 0 Å². The molecule has 0 saturated heterocycles. The van der Waals surface area contributed by atoms with Gasteiger partial charge in [0.05, 0.1) is 34.0 Å². The monoisotopic (exact) mass is 297 g/mol. The van der Waals surface area contributed by atoms with Crippen molar-refractivity contribution >= 4 is 5.91 Å². The van der Waals surface area contributed by atoms with Crippen molar-refractivity contribution < 1.29 is 24.1 Å². The smallest absolute Gasteiger partial charge is 0.220 e. The van der Waals surface area contributed by atoms with E-state index in [1.807, 2.05) is 18.2 Å². The predicted octanol–water partition coefficient (Wildman–Crippen LogP) is 0.761. The maximum absolute atomic E-state index is 11.7. The third-order valence-electron chi connectivity index (χ3n) is 2.89. The van der Waals surface area contributed by atoms with E-state index in [2.05, 4.69) is 5.32 Å². The van der Waals surface area contributed by atoms with Gasteiger partial charge in [-0.2, -0.15) is 0 Å². The van der Waals surface area contributed by atoms with E-state index in [0.29, 0.717) is 44.1 Å². The van der Waals surface area contributed by atoms with Crippen LogP contribution in [0.25, 0.3) is 0 Å². The minimum atomic E-state index is -0.0302. The Labute approximate surface area is 125 Å². The molecule has 118 valence electrons. The second kappa shape index (κ2) is 10.0. The predicted molar refractivity (Wildman–Crippen MR) is 78.8 cm³/mol.